The maximum Gasteiger partial charge on any atom is 0.226 e. The van der Waals surface area contributed by atoms with Gasteiger partial charge in [-0.05, 0) is 23.8 Å². The predicted molar refractivity (Wildman–Crippen MR) is 115 cm³/mol. The third kappa shape index (κ3) is 3.81. The third-order valence-electron chi connectivity index (χ3n) is 5.56. The average Bonchev–Trinajstić information content (AvgIpc) is 3.19. The predicted octanol–water partition coefficient (Wildman–Crippen LogP) is 4.53. The van der Waals surface area contributed by atoms with Crippen molar-refractivity contribution in [1.82, 2.24) is 14.5 Å². The standard InChI is InChI=1S/C24H24N4O/c1-3-7-19(8-4-1)17-28-16-13-22-23(28)25-18-26-24(22)29-21-11-14-27(15-12-21)20-9-5-2-6-10-20/h1-10,13,16,18,21H,11-12,14-15,17H2. The quantitative estimate of drug-likeness (QED) is 0.507. The number of para-hydroxylation sites is 1. The zero-order chi connectivity index (χ0) is 19.5. The van der Waals surface area contributed by atoms with Gasteiger partial charge in [0, 0.05) is 44.4 Å². The van der Waals surface area contributed by atoms with Gasteiger partial charge in [-0.1, -0.05) is 48.5 Å². The highest BCUT2D eigenvalue weighted by molar-refractivity contribution is 5.81. The molecule has 3 heterocycles. The van der Waals surface area contributed by atoms with Gasteiger partial charge in [-0.2, -0.15) is 0 Å². The monoisotopic (exact) mass is 384 g/mol. The van der Waals surface area contributed by atoms with Crippen LogP contribution in [0.5, 0.6) is 5.88 Å². The highest BCUT2D eigenvalue weighted by Crippen LogP contribution is 2.27. The van der Waals surface area contributed by atoms with E-state index in [0.717, 1.165) is 43.5 Å². The van der Waals surface area contributed by atoms with Crippen molar-refractivity contribution < 1.29 is 4.74 Å². The fourth-order valence-corrected chi connectivity index (χ4v) is 4.01. The first-order valence-corrected chi connectivity index (χ1v) is 10.2. The molecule has 0 atom stereocenters. The van der Waals surface area contributed by atoms with Crippen molar-refractivity contribution in [1.29, 1.82) is 0 Å². The third-order valence-corrected chi connectivity index (χ3v) is 5.56. The second-order valence-corrected chi connectivity index (χ2v) is 7.49. The second kappa shape index (κ2) is 7.95. The van der Waals surface area contributed by atoms with Crippen molar-refractivity contribution in [3.8, 4) is 5.88 Å². The molecule has 0 radical (unpaired) electrons. The molecule has 1 saturated heterocycles. The summed E-state index contributed by atoms with van der Waals surface area (Å²) >= 11 is 0. The summed E-state index contributed by atoms with van der Waals surface area (Å²) in [6.07, 6.45) is 5.84. The normalized spacial score (nSPS) is 15.0. The molecule has 0 spiro atoms. The Morgan fingerprint density at radius 2 is 1.59 bits per heavy atom. The molecule has 5 rings (SSSR count). The molecule has 0 amide bonds. The molecule has 0 unspecified atom stereocenters. The first-order chi connectivity index (χ1) is 14.4. The molecule has 4 aromatic rings. The fraction of sp³-hybridized carbons (Fsp3) is 0.250. The van der Waals surface area contributed by atoms with Crippen molar-refractivity contribution in [2.24, 2.45) is 0 Å². The first kappa shape index (κ1) is 17.7. The molecule has 0 N–H and O–H groups in total. The highest BCUT2D eigenvalue weighted by Gasteiger charge is 2.22. The Bertz CT molecular complexity index is 1070. The van der Waals surface area contributed by atoms with E-state index in [1.807, 2.05) is 6.07 Å². The number of aromatic nitrogens is 3. The van der Waals surface area contributed by atoms with Crippen LogP contribution < -0.4 is 9.64 Å². The van der Waals surface area contributed by atoms with E-state index in [1.165, 1.54) is 11.3 Å². The van der Waals surface area contributed by atoms with Crippen molar-refractivity contribution in [2.75, 3.05) is 18.0 Å². The lowest BCUT2D eigenvalue weighted by molar-refractivity contribution is 0.166. The lowest BCUT2D eigenvalue weighted by Crippen LogP contribution is -2.38. The number of hydrogen-bond acceptors (Lipinski definition) is 4. The van der Waals surface area contributed by atoms with E-state index in [1.54, 1.807) is 6.33 Å². The first-order valence-electron chi connectivity index (χ1n) is 10.2. The molecule has 5 heteroatoms. The fourth-order valence-electron chi connectivity index (χ4n) is 4.01. The number of benzene rings is 2. The van der Waals surface area contributed by atoms with Crippen molar-refractivity contribution in [2.45, 2.75) is 25.5 Å². The van der Waals surface area contributed by atoms with Gasteiger partial charge in [0.25, 0.3) is 0 Å². The molecule has 146 valence electrons. The molecule has 2 aromatic heterocycles. The SMILES string of the molecule is c1ccc(Cn2ccc3c(OC4CCN(c5ccccc5)CC4)ncnc32)cc1. The van der Waals surface area contributed by atoms with Crippen LogP contribution in [0.4, 0.5) is 5.69 Å². The van der Waals surface area contributed by atoms with E-state index in [2.05, 4.69) is 86.3 Å². The number of rotatable bonds is 5. The summed E-state index contributed by atoms with van der Waals surface area (Å²) in [5.74, 6) is 0.694. The van der Waals surface area contributed by atoms with Crippen LogP contribution in [-0.4, -0.2) is 33.7 Å². The second-order valence-electron chi connectivity index (χ2n) is 7.49. The van der Waals surface area contributed by atoms with E-state index < -0.39 is 0 Å². The number of hydrogen-bond donors (Lipinski definition) is 0. The van der Waals surface area contributed by atoms with Crippen molar-refractivity contribution >= 4 is 16.7 Å². The Kier molecular flexibility index (Phi) is 4.87. The largest absolute Gasteiger partial charge is 0.474 e. The minimum absolute atomic E-state index is 0.186. The van der Waals surface area contributed by atoms with Gasteiger partial charge in [0.15, 0.2) is 0 Å². The number of fused-ring (bicyclic) bond motifs is 1. The van der Waals surface area contributed by atoms with Crippen LogP contribution in [0.1, 0.15) is 18.4 Å². The van der Waals surface area contributed by atoms with Gasteiger partial charge in [-0.15, -0.1) is 0 Å². The Hall–Kier alpha value is -3.34. The topological polar surface area (TPSA) is 43.2 Å². The summed E-state index contributed by atoms with van der Waals surface area (Å²) in [7, 11) is 0. The molecular weight excluding hydrogens is 360 g/mol. The van der Waals surface area contributed by atoms with E-state index in [0.29, 0.717) is 5.88 Å². The molecule has 0 aliphatic carbocycles. The van der Waals surface area contributed by atoms with Crippen LogP contribution in [0.2, 0.25) is 0 Å². The van der Waals surface area contributed by atoms with E-state index in [9.17, 15) is 0 Å². The van der Waals surface area contributed by atoms with Crippen LogP contribution in [0, 0.1) is 0 Å². The zero-order valence-electron chi connectivity index (χ0n) is 16.3. The minimum Gasteiger partial charge on any atom is -0.474 e. The van der Waals surface area contributed by atoms with Gasteiger partial charge < -0.3 is 14.2 Å². The van der Waals surface area contributed by atoms with Gasteiger partial charge in [0.05, 0.1) is 5.39 Å². The molecule has 29 heavy (non-hydrogen) atoms. The van der Waals surface area contributed by atoms with Gasteiger partial charge in [0.1, 0.15) is 18.1 Å². The molecule has 0 saturated carbocycles. The summed E-state index contributed by atoms with van der Waals surface area (Å²) < 4.78 is 8.48. The Balaban J connectivity index is 1.29. The molecule has 1 aliphatic heterocycles. The summed E-state index contributed by atoms with van der Waals surface area (Å²) in [5.41, 5.74) is 3.45. The zero-order valence-corrected chi connectivity index (χ0v) is 16.3. The van der Waals surface area contributed by atoms with Crippen LogP contribution in [0.3, 0.4) is 0 Å². The Morgan fingerprint density at radius 1 is 0.862 bits per heavy atom. The van der Waals surface area contributed by atoms with Crippen LogP contribution in [0.25, 0.3) is 11.0 Å². The molecule has 0 bridgehead atoms. The van der Waals surface area contributed by atoms with Gasteiger partial charge in [-0.25, -0.2) is 9.97 Å². The summed E-state index contributed by atoms with van der Waals surface area (Å²) in [6, 6.07) is 23.1. The maximum absolute atomic E-state index is 6.33. The Morgan fingerprint density at radius 3 is 2.34 bits per heavy atom. The number of anilines is 1. The van der Waals surface area contributed by atoms with E-state index in [4.69, 9.17) is 4.74 Å². The van der Waals surface area contributed by atoms with E-state index >= 15 is 0 Å². The maximum atomic E-state index is 6.33. The Labute approximate surface area is 170 Å². The lowest BCUT2D eigenvalue weighted by atomic mass is 10.1. The van der Waals surface area contributed by atoms with Crippen molar-refractivity contribution in [3.05, 3.63) is 84.8 Å². The van der Waals surface area contributed by atoms with Crippen molar-refractivity contribution in [3.63, 3.8) is 0 Å². The van der Waals surface area contributed by atoms with Crippen LogP contribution in [-0.2, 0) is 6.54 Å². The highest BCUT2D eigenvalue weighted by atomic mass is 16.5. The molecule has 1 fully saturated rings. The number of piperidine rings is 1. The summed E-state index contributed by atoms with van der Waals surface area (Å²) in [4.78, 5) is 11.4. The number of nitrogens with zero attached hydrogens (tertiary/aromatic N) is 4. The van der Waals surface area contributed by atoms with Gasteiger partial charge in [0.2, 0.25) is 5.88 Å². The smallest absolute Gasteiger partial charge is 0.226 e. The van der Waals surface area contributed by atoms with E-state index in [-0.39, 0.29) is 6.10 Å². The minimum atomic E-state index is 0.186. The van der Waals surface area contributed by atoms with Gasteiger partial charge >= 0.3 is 0 Å². The lowest BCUT2D eigenvalue weighted by Gasteiger charge is -2.33. The van der Waals surface area contributed by atoms with Crippen LogP contribution >= 0.6 is 0 Å². The molecule has 2 aromatic carbocycles. The average molecular weight is 384 g/mol. The molecule has 1 aliphatic rings. The number of ether oxygens (including phenoxy) is 1. The van der Waals surface area contributed by atoms with Crippen LogP contribution in [0.15, 0.2) is 79.3 Å². The summed E-state index contributed by atoms with van der Waals surface area (Å²) in [5, 5.41) is 0.980. The molecular formula is C24H24N4O. The summed E-state index contributed by atoms with van der Waals surface area (Å²) in [6.45, 7) is 2.78. The molecule has 5 nitrogen and oxygen atoms in total. The van der Waals surface area contributed by atoms with Gasteiger partial charge in [-0.3, -0.25) is 0 Å².